The van der Waals surface area contributed by atoms with Crippen molar-refractivity contribution < 1.29 is 23.3 Å². The summed E-state index contributed by atoms with van der Waals surface area (Å²) in [4.78, 5) is 0. The molecule has 0 spiro atoms. The van der Waals surface area contributed by atoms with E-state index < -0.39 is 0 Å². The molecular formula is C16H40BF4N+. The van der Waals surface area contributed by atoms with E-state index in [1.807, 2.05) is 0 Å². The molecule has 6 heteroatoms. The van der Waals surface area contributed by atoms with E-state index in [0.717, 1.165) is 0 Å². The molecule has 0 rings (SSSR count). The lowest BCUT2D eigenvalue weighted by Gasteiger charge is -2.39. The summed E-state index contributed by atoms with van der Waals surface area (Å²) >= 11 is 0. The standard InChI is InChI=1S/C16H36N.B.4FH/c1-5-9-13-17(14-10-6-2,15-11-7-3)16-12-8-4;;;;;/h5-16H2,1-4H3;;4*1H/q+1;;;;;. The van der Waals surface area contributed by atoms with Crippen LogP contribution < -0.4 is 0 Å². The predicted molar refractivity (Wildman–Crippen MR) is 95.1 cm³/mol. The lowest BCUT2D eigenvalue weighted by Crippen LogP contribution is -2.50. The molecule has 0 aliphatic carbocycles. The minimum Gasteiger partial charge on any atom is -0.324 e. The van der Waals surface area contributed by atoms with Gasteiger partial charge in [-0.25, -0.2) is 0 Å². The number of hydrogen-bond donors (Lipinski definition) is 0. The van der Waals surface area contributed by atoms with Crippen LogP contribution in [-0.2, 0) is 0 Å². The molecule has 0 saturated heterocycles. The highest BCUT2D eigenvalue weighted by atomic mass is 19.0. The van der Waals surface area contributed by atoms with Crippen molar-refractivity contribution in [2.45, 2.75) is 79.1 Å². The van der Waals surface area contributed by atoms with E-state index in [-0.39, 0.29) is 27.2 Å². The molecule has 0 atom stereocenters. The highest BCUT2D eigenvalue weighted by Crippen LogP contribution is 2.16. The van der Waals surface area contributed by atoms with Crippen LogP contribution in [0.2, 0.25) is 0 Å². The predicted octanol–water partition coefficient (Wildman–Crippen LogP) is 5.23. The minimum absolute atomic E-state index is 0. The van der Waals surface area contributed by atoms with E-state index in [2.05, 4.69) is 27.7 Å². The van der Waals surface area contributed by atoms with Gasteiger partial charge in [0.15, 0.2) is 0 Å². The highest BCUT2D eigenvalue weighted by Gasteiger charge is 2.24. The van der Waals surface area contributed by atoms with Gasteiger partial charge < -0.3 is 4.48 Å². The first kappa shape index (κ1) is 37.7. The van der Waals surface area contributed by atoms with Crippen molar-refractivity contribution in [1.29, 1.82) is 0 Å². The number of unbranched alkanes of at least 4 members (excludes halogenated alkanes) is 4. The third kappa shape index (κ3) is 17.8. The molecule has 0 aromatic rings. The van der Waals surface area contributed by atoms with Gasteiger partial charge >= 0.3 is 0 Å². The Morgan fingerprint density at radius 3 is 0.773 bits per heavy atom. The molecule has 0 heterocycles. The van der Waals surface area contributed by atoms with Crippen molar-refractivity contribution in [1.82, 2.24) is 0 Å². The number of hydrogen-bond acceptors (Lipinski definition) is 0. The molecule has 3 radical (unpaired) electrons. The van der Waals surface area contributed by atoms with Crippen LogP contribution in [0.4, 0.5) is 18.8 Å². The van der Waals surface area contributed by atoms with E-state index in [4.69, 9.17) is 0 Å². The van der Waals surface area contributed by atoms with Crippen LogP contribution in [0, 0.1) is 0 Å². The first-order chi connectivity index (χ1) is 8.24. The maximum Gasteiger partial charge on any atom is 0.0786 e. The van der Waals surface area contributed by atoms with E-state index >= 15 is 0 Å². The van der Waals surface area contributed by atoms with Crippen molar-refractivity contribution in [3.63, 3.8) is 0 Å². The Balaban J connectivity index is -0.000000128. The monoisotopic (exact) mass is 333 g/mol. The maximum absolute atomic E-state index is 2.33. The number of quaternary nitrogens is 1. The Morgan fingerprint density at radius 1 is 0.455 bits per heavy atom. The van der Waals surface area contributed by atoms with Crippen LogP contribution in [0.5, 0.6) is 0 Å². The average Bonchev–Trinajstić information content (AvgIpc) is 2.37. The van der Waals surface area contributed by atoms with Crippen LogP contribution >= 0.6 is 0 Å². The summed E-state index contributed by atoms with van der Waals surface area (Å²) < 4.78 is 1.42. The molecule has 0 unspecified atom stereocenters. The van der Waals surface area contributed by atoms with Gasteiger partial charge in [0.05, 0.1) is 26.2 Å². The fraction of sp³-hybridized carbons (Fsp3) is 1.00. The van der Waals surface area contributed by atoms with Crippen LogP contribution in [0.1, 0.15) is 79.1 Å². The van der Waals surface area contributed by atoms with Crippen molar-refractivity contribution in [3.05, 3.63) is 0 Å². The average molecular weight is 333 g/mol. The van der Waals surface area contributed by atoms with Crippen LogP contribution in [0.25, 0.3) is 0 Å². The number of nitrogens with zero attached hydrogens (tertiary/aromatic N) is 1. The van der Waals surface area contributed by atoms with Crippen molar-refractivity contribution in [3.8, 4) is 0 Å². The Labute approximate surface area is 137 Å². The summed E-state index contributed by atoms with van der Waals surface area (Å²) in [5, 5.41) is 0. The molecule has 22 heavy (non-hydrogen) atoms. The van der Waals surface area contributed by atoms with E-state index in [1.54, 1.807) is 0 Å². The molecular weight excluding hydrogens is 293 g/mol. The minimum atomic E-state index is 0. The van der Waals surface area contributed by atoms with Gasteiger partial charge in [0.25, 0.3) is 0 Å². The van der Waals surface area contributed by atoms with Gasteiger partial charge in [0.2, 0.25) is 0 Å². The number of rotatable bonds is 12. The van der Waals surface area contributed by atoms with Crippen LogP contribution in [0.15, 0.2) is 0 Å². The Hall–Kier alpha value is -0.255. The fourth-order valence-corrected chi connectivity index (χ4v) is 2.64. The first-order valence-corrected chi connectivity index (χ1v) is 8.09. The quantitative estimate of drug-likeness (QED) is 0.260. The van der Waals surface area contributed by atoms with Gasteiger partial charge in [0, 0.05) is 8.41 Å². The summed E-state index contributed by atoms with van der Waals surface area (Å²) in [5.41, 5.74) is 0. The molecule has 0 aliphatic rings. The largest absolute Gasteiger partial charge is 0.324 e. The van der Waals surface area contributed by atoms with E-state index in [1.165, 1.54) is 82.0 Å². The Kier molecular flexibility index (Phi) is 44.1. The zero-order valence-electron chi connectivity index (χ0n) is 15.1. The molecule has 0 N–H and O–H groups in total. The van der Waals surface area contributed by atoms with Gasteiger partial charge in [-0.2, -0.15) is 0 Å². The normalized spacial score (nSPS) is 9.27. The fourth-order valence-electron chi connectivity index (χ4n) is 2.64. The highest BCUT2D eigenvalue weighted by molar-refractivity contribution is 5.75. The third-order valence-electron chi connectivity index (χ3n) is 3.94. The van der Waals surface area contributed by atoms with Gasteiger partial charge in [0.1, 0.15) is 0 Å². The topological polar surface area (TPSA) is 0 Å². The molecule has 0 aromatic carbocycles. The lowest BCUT2D eigenvalue weighted by molar-refractivity contribution is -0.929. The third-order valence-corrected chi connectivity index (χ3v) is 3.94. The second-order valence-corrected chi connectivity index (χ2v) is 5.65. The summed E-state index contributed by atoms with van der Waals surface area (Å²) in [6.45, 7) is 15.0. The van der Waals surface area contributed by atoms with Crippen molar-refractivity contribution in [2.24, 2.45) is 0 Å². The SMILES string of the molecule is CCCC[N+](CCCC)(CCCC)CCCC.F.F.F.F.[B]. The zero-order valence-corrected chi connectivity index (χ0v) is 15.1. The maximum atomic E-state index is 2.33. The summed E-state index contributed by atoms with van der Waals surface area (Å²) in [6, 6.07) is 0. The van der Waals surface area contributed by atoms with Crippen LogP contribution in [0.3, 0.4) is 0 Å². The van der Waals surface area contributed by atoms with Gasteiger partial charge in [-0.1, -0.05) is 53.4 Å². The lowest BCUT2D eigenvalue weighted by atomic mass is 10.1. The molecule has 0 bridgehead atoms. The van der Waals surface area contributed by atoms with Gasteiger partial charge in [-0.3, -0.25) is 18.8 Å². The molecule has 0 aromatic heterocycles. The molecule has 139 valence electrons. The second-order valence-electron chi connectivity index (χ2n) is 5.65. The van der Waals surface area contributed by atoms with Gasteiger partial charge in [-0.05, 0) is 25.7 Å². The van der Waals surface area contributed by atoms with Crippen molar-refractivity contribution in [2.75, 3.05) is 26.2 Å². The Bertz CT molecular complexity index is 137. The van der Waals surface area contributed by atoms with Crippen molar-refractivity contribution >= 4 is 8.41 Å². The van der Waals surface area contributed by atoms with E-state index in [0.29, 0.717) is 0 Å². The molecule has 0 amide bonds. The van der Waals surface area contributed by atoms with Crippen LogP contribution in [-0.4, -0.2) is 39.1 Å². The summed E-state index contributed by atoms with van der Waals surface area (Å²) in [5.74, 6) is 0. The summed E-state index contributed by atoms with van der Waals surface area (Å²) in [7, 11) is 0. The first-order valence-electron chi connectivity index (χ1n) is 8.09. The zero-order chi connectivity index (χ0) is 13.0. The molecule has 0 aliphatic heterocycles. The van der Waals surface area contributed by atoms with E-state index in [9.17, 15) is 0 Å². The molecule has 0 fully saturated rings. The Morgan fingerprint density at radius 2 is 0.636 bits per heavy atom. The smallest absolute Gasteiger partial charge is 0.0786 e. The second kappa shape index (κ2) is 25.7. The molecule has 1 nitrogen and oxygen atoms in total. The number of halogens is 4. The summed E-state index contributed by atoms with van der Waals surface area (Å²) in [6.07, 6.45) is 11.1. The van der Waals surface area contributed by atoms with Gasteiger partial charge in [-0.15, -0.1) is 0 Å². The molecule has 0 saturated carbocycles.